The molecule has 1 amide bonds. The number of morpholine rings is 1. The molecule has 0 radical (unpaired) electrons. The Bertz CT molecular complexity index is 1230. The highest BCUT2D eigenvalue weighted by Crippen LogP contribution is 2.26. The molecule has 1 aliphatic heterocycles. The van der Waals surface area contributed by atoms with Crippen LogP contribution in [-0.2, 0) is 17.8 Å². The summed E-state index contributed by atoms with van der Waals surface area (Å²) in [5.74, 6) is -0.0402. The fourth-order valence-electron chi connectivity index (χ4n) is 4.43. The number of carbonyl (C=O) groups is 1. The number of rotatable bonds is 7. The number of hydrogen-bond acceptors (Lipinski definition) is 6. The van der Waals surface area contributed by atoms with E-state index in [1.54, 1.807) is 0 Å². The van der Waals surface area contributed by atoms with E-state index >= 15 is 0 Å². The maximum absolute atomic E-state index is 13.3. The molecule has 170 valence electrons. The van der Waals surface area contributed by atoms with Crippen LogP contribution in [0.4, 0.5) is 0 Å². The zero-order valence-corrected chi connectivity index (χ0v) is 19.5. The lowest BCUT2D eigenvalue weighted by molar-refractivity contribution is 0.0365. The molecule has 0 atom stereocenters. The first-order chi connectivity index (χ1) is 16.2. The molecule has 1 aliphatic rings. The zero-order valence-electron chi connectivity index (χ0n) is 18.7. The normalized spacial score (nSPS) is 14.6. The average molecular weight is 462 g/mol. The minimum absolute atomic E-state index is 0.0402. The van der Waals surface area contributed by atoms with Gasteiger partial charge >= 0.3 is 0 Å². The van der Waals surface area contributed by atoms with Crippen LogP contribution in [0.1, 0.15) is 21.6 Å². The monoisotopic (exact) mass is 461 g/mol. The topological polar surface area (TPSA) is 72.3 Å². The lowest BCUT2D eigenvalue weighted by Gasteiger charge is -2.27. The predicted molar refractivity (Wildman–Crippen MR) is 130 cm³/mol. The van der Waals surface area contributed by atoms with E-state index in [0.717, 1.165) is 78.4 Å². The second-order valence-electron chi connectivity index (χ2n) is 8.25. The van der Waals surface area contributed by atoms with Gasteiger partial charge in [0.2, 0.25) is 0 Å². The minimum Gasteiger partial charge on any atom is -0.379 e. The van der Waals surface area contributed by atoms with Crippen molar-refractivity contribution in [2.45, 2.75) is 20.0 Å². The van der Waals surface area contributed by atoms with Crippen molar-refractivity contribution in [2.24, 2.45) is 0 Å². The van der Waals surface area contributed by atoms with E-state index in [1.807, 2.05) is 54.8 Å². The Morgan fingerprint density at radius 1 is 1.09 bits per heavy atom. The van der Waals surface area contributed by atoms with Gasteiger partial charge in [0.15, 0.2) is 0 Å². The number of aromatic nitrogens is 3. The summed E-state index contributed by atoms with van der Waals surface area (Å²) in [7, 11) is 0. The predicted octanol–water partition coefficient (Wildman–Crippen LogP) is 3.73. The van der Waals surface area contributed by atoms with Crippen LogP contribution >= 0.6 is 11.5 Å². The largest absolute Gasteiger partial charge is 0.379 e. The summed E-state index contributed by atoms with van der Waals surface area (Å²) >= 11 is 1.34. The maximum atomic E-state index is 13.3. The van der Waals surface area contributed by atoms with Crippen molar-refractivity contribution in [1.29, 1.82) is 0 Å². The van der Waals surface area contributed by atoms with Gasteiger partial charge in [0, 0.05) is 60.3 Å². The smallest absolute Gasteiger partial charge is 0.254 e. The van der Waals surface area contributed by atoms with Gasteiger partial charge in [0.1, 0.15) is 5.69 Å². The van der Waals surface area contributed by atoms with Gasteiger partial charge in [-0.25, -0.2) is 0 Å². The van der Waals surface area contributed by atoms with Crippen molar-refractivity contribution >= 4 is 28.3 Å². The Kier molecular flexibility index (Phi) is 6.48. The van der Waals surface area contributed by atoms with Crippen LogP contribution in [0.25, 0.3) is 22.2 Å². The first-order valence-corrected chi connectivity index (χ1v) is 12.1. The van der Waals surface area contributed by atoms with E-state index in [2.05, 4.69) is 30.4 Å². The number of amides is 1. The number of para-hydroxylation sites is 1. The fraction of sp³-hybridized carbons (Fsp3) is 0.320. The third kappa shape index (κ3) is 4.68. The Morgan fingerprint density at radius 2 is 1.88 bits per heavy atom. The Labute approximate surface area is 197 Å². The molecule has 5 rings (SSSR count). The van der Waals surface area contributed by atoms with Crippen molar-refractivity contribution in [1.82, 2.24) is 24.4 Å². The summed E-state index contributed by atoms with van der Waals surface area (Å²) in [6, 6.07) is 16.2. The molecule has 2 aromatic carbocycles. The maximum Gasteiger partial charge on any atom is 0.254 e. The van der Waals surface area contributed by atoms with Crippen molar-refractivity contribution < 1.29 is 9.53 Å². The summed E-state index contributed by atoms with van der Waals surface area (Å²) in [6.07, 6.45) is 0. The molecule has 2 aromatic heterocycles. The molecule has 0 saturated carbocycles. The van der Waals surface area contributed by atoms with Crippen LogP contribution in [0.3, 0.4) is 0 Å². The summed E-state index contributed by atoms with van der Waals surface area (Å²) in [4.78, 5) is 15.7. The molecule has 8 heteroatoms. The lowest BCUT2D eigenvalue weighted by atomic mass is 10.1. The molecule has 1 N–H and O–H groups in total. The van der Waals surface area contributed by atoms with Crippen molar-refractivity contribution in [3.05, 3.63) is 70.7 Å². The van der Waals surface area contributed by atoms with Crippen molar-refractivity contribution in [3.63, 3.8) is 0 Å². The van der Waals surface area contributed by atoms with Crippen LogP contribution in [0.5, 0.6) is 0 Å². The van der Waals surface area contributed by atoms with Gasteiger partial charge in [-0.2, -0.15) is 0 Å². The van der Waals surface area contributed by atoms with Gasteiger partial charge in [-0.1, -0.05) is 47.0 Å². The molecule has 1 fully saturated rings. The molecule has 0 aliphatic carbocycles. The first-order valence-electron chi connectivity index (χ1n) is 11.2. The summed E-state index contributed by atoms with van der Waals surface area (Å²) in [5, 5.41) is 10.1. The standard InChI is InChI=1S/C25H27N5O2S/c1-18-24(25(31)26-16-19-6-8-20(9-7-19)22-17-33-28-27-22)21-4-2-3-5-23(21)30(18)11-10-29-12-14-32-15-13-29/h2-9,17H,10-16H2,1H3,(H,26,31). The number of nitrogens with one attached hydrogen (secondary N) is 1. The molecule has 3 heterocycles. The summed E-state index contributed by atoms with van der Waals surface area (Å²) in [5.41, 5.74) is 5.82. The van der Waals surface area contributed by atoms with E-state index in [9.17, 15) is 4.79 Å². The van der Waals surface area contributed by atoms with Crippen molar-refractivity contribution in [2.75, 3.05) is 32.8 Å². The number of benzene rings is 2. The van der Waals surface area contributed by atoms with Crippen LogP contribution in [0.15, 0.2) is 53.9 Å². The number of fused-ring (bicyclic) bond motifs is 1. The van der Waals surface area contributed by atoms with Gasteiger partial charge < -0.3 is 14.6 Å². The van der Waals surface area contributed by atoms with Crippen molar-refractivity contribution in [3.8, 4) is 11.3 Å². The van der Waals surface area contributed by atoms with Gasteiger partial charge in [-0.3, -0.25) is 9.69 Å². The highest BCUT2D eigenvalue weighted by Gasteiger charge is 2.20. The van der Waals surface area contributed by atoms with Crippen LogP contribution in [0, 0.1) is 6.92 Å². The summed E-state index contributed by atoms with van der Waals surface area (Å²) in [6.45, 7) is 7.83. The van der Waals surface area contributed by atoms with Gasteiger partial charge in [-0.05, 0) is 30.1 Å². The first kappa shape index (κ1) is 21.8. The minimum atomic E-state index is -0.0402. The molecule has 1 saturated heterocycles. The SMILES string of the molecule is Cc1c(C(=O)NCc2ccc(-c3csnn3)cc2)c2ccccc2n1CCN1CCOCC1. The van der Waals surface area contributed by atoms with Gasteiger partial charge in [-0.15, -0.1) is 5.10 Å². The number of nitrogens with zero attached hydrogens (tertiary/aromatic N) is 4. The molecule has 7 nitrogen and oxygen atoms in total. The summed E-state index contributed by atoms with van der Waals surface area (Å²) < 4.78 is 11.7. The van der Waals surface area contributed by atoms with Gasteiger partial charge in [0.25, 0.3) is 5.91 Å². The molecular formula is C25H27N5O2S. The molecule has 0 unspecified atom stereocenters. The number of carbonyl (C=O) groups excluding carboxylic acids is 1. The molecule has 4 aromatic rings. The van der Waals surface area contributed by atoms with Crippen LogP contribution in [-0.4, -0.2) is 57.8 Å². The second kappa shape index (κ2) is 9.82. The molecule has 0 bridgehead atoms. The lowest BCUT2D eigenvalue weighted by Crippen LogP contribution is -2.38. The molecular weight excluding hydrogens is 434 g/mol. The molecule has 0 spiro atoms. The zero-order chi connectivity index (χ0) is 22.6. The Morgan fingerprint density at radius 3 is 2.64 bits per heavy atom. The fourth-order valence-corrected chi connectivity index (χ4v) is 4.89. The molecule has 33 heavy (non-hydrogen) atoms. The average Bonchev–Trinajstić information content (AvgIpc) is 3.49. The van der Waals surface area contributed by atoms with E-state index in [0.29, 0.717) is 6.54 Å². The highest BCUT2D eigenvalue weighted by molar-refractivity contribution is 7.03. The number of hydrogen-bond donors (Lipinski definition) is 1. The number of ether oxygens (including phenoxy) is 1. The van der Waals surface area contributed by atoms with Crippen LogP contribution in [0.2, 0.25) is 0 Å². The third-order valence-corrected chi connectivity index (χ3v) is 6.77. The Balaban J connectivity index is 1.31. The van der Waals surface area contributed by atoms with E-state index in [1.165, 1.54) is 11.5 Å². The second-order valence-corrected chi connectivity index (χ2v) is 8.86. The highest BCUT2D eigenvalue weighted by atomic mass is 32.1. The third-order valence-electron chi connectivity index (χ3n) is 6.26. The van der Waals surface area contributed by atoms with E-state index in [4.69, 9.17) is 4.74 Å². The van der Waals surface area contributed by atoms with Crippen LogP contribution < -0.4 is 5.32 Å². The van der Waals surface area contributed by atoms with E-state index < -0.39 is 0 Å². The van der Waals surface area contributed by atoms with E-state index in [-0.39, 0.29) is 5.91 Å². The van der Waals surface area contributed by atoms with Gasteiger partial charge in [0.05, 0.1) is 18.8 Å². The Hall–Kier alpha value is -3.07. The quantitative estimate of drug-likeness (QED) is 0.454.